The van der Waals surface area contributed by atoms with Crippen molar-refractivity contribution in [1.82, 2.24) is 10.2 Å². The maximum atomic E-state index is 13.9. The zero-order valence-electron chi connectivity index (χ0n) is 22.1. The Morgan fingerprint density at radius 1 is 0.850 bits per heavy atom. The van der Waals surface area contributed by atoms with Crippen LogP contribution < -0.4 is 9.62 Å². The number of nitrogens with one attached hydrogen (secondary N) is 1. The average Bonchev–Trinajstić information content (AvgIpc) is 2.92. The zero-order valence-corrected chi connectivity index (χ0v) is 25.9. The minimum Gasteiger partial charge on any atom is -0.354 e. The van der Waals surface area contributed by atoms with Gasteiger partial charge in [0.2, 0.25) is 11.8 Å². The van der Waals surface area contributed by atoms with Crippen LogP contribution >= 0.6 is 46.4 Å². The van der Waals surface area contributed by atoms with Crippen LogP contribution in [0, 0.1) is 5.92 Å². The predicted octanol–water partition coefficient (Wildman–Crippen LogP) is 6.69. The summed E-state index contributed by atoms with van der Waals surface area (Å²) < 4.78 is 28.5. The van der Waals surface area contributed by atoms with Crippen molar-refractivity contribution in [1.29, 1.82) is 0 Å². The summed E-state index contributed by atoms with van der Waals surface area (Å²) in [6.45, 7) is 5.20. The number of sulfonamides is 1. The van der Waals surface area contributed by atoms with Gasteiger partial charge in [0.25, 0.3) is 10.0 Å². The summed E-state index contributed by atoms with van der Waals surface area (Å²) in [5, 5.41) is 3.76. The smallest absolute Gasteiger partial charge is 0.264 e. The summed E-state index contributed by atoms with van der Waals surface area (Å²) in [7, 11) is -4.27. The number of amides is 2. The van der Waals surface area contributed by atoms with Crippen LogP contribution in [0.5, 0.6) is 0 Å². The Morgan fingerprint density at radius 3 is 2.12 bits per heavy atom. The van der Waals surface area contributed by atoms with Crippen LogP contribution in [-0.4, -0.2) is 44.3 Å². The number of anilines is 1. The second-order valence-electron chi connectivity index (χ2n) is 9.51. The van der Waals surface area contributed by atoms with E-state index in [1.54, 1.807) is 43.3 Å². The van der Waals surface area contributed by atoms with Crippen LogP contribution in [0.3, 0.4) is 0 Å². The van der Waals surface area contributed by atoms with Crippen molar-refractivity contribution in [3.63, 3.8) is 0 Å². The molecule has 40 heavy (non-hydrogen) atoms. The lowest BCUT2D eigenvalue weighted by atomic mass is 10.1. The second-order valence-corrected chi connectivity index (χ2v) is 13.0. The molecule has 0 heterocycles. The first kappa shape index (κ1) is 32.0. The van der Waals surface area contributed by atoms with Crippen LogP contribution in [0.15, 0.2) is 71.6 Å². The highest BCUT2D eigenvalue weighted by molar-refractivity contribution is 7.92. The first-order valence-electron chi connectivity index (χ1n) is 12.3. The van der Waals surface area contributed by atoms with E-state index in [0.717, 1.165) is 4.31 Å². The number of carbonyl (C=O) groups excluding carboxylic acids is 2. The summed E-state index contributed by atoms with van der Waals surface area (Å²) in [6, 6.07) is 15.9. The van der Waals surface area contributed by atoms with Crippen molar-refractivity contribution in [2.75, 3.05) is 17.4 Å². The molecule has 3 aromatic carbocycles. The monoisotopic (exact) mass is 643 g/mol. The molecular formula is C28H29Cl4N3O4S. The van der Waals surface area contributed by atoms with E-state index in [1.807, 2.05) is 13.8 Å². The number of hydrogen-bond donors (Lipinski definition) is 1. The van der Waals surface area contributed by atoms with Gasteiger partial charge >= 0.3 is 0 Å². The number of benzene rings is 3. The first-order chi connectivity index (χ1) is 18.8. The van der Waals surface area contributed by atoms with Crippen molar-refractivity contribution in [3.05, 3.63) is 92.4 Å². The summed E-state index contributed by atoms with van der Waals surface area (Å²) in [4.78, 5) is 28.3. The molecule has 12 heteroatoms. The second kappa shape index (κ2) is 13.9. The van der Waals surface area contributed by atoms with Gasteiger partial charge in [0.1, 0.15) is 12.6 Å². The Morgan fingerprint density at radius 2 is 1.50 bits per heavy atom. The van der Waals surface area contributed by atoms with Gasteiger partial charge in [-0.1, -0.05) is 84.5 Å². The van der Waals surface area contributed by atoms with Gasteiger partial charge in [-0.05, 0) is 60.9 Å². The fourth-order valence-corrected chi connectivity index (χ4v) is 5.98. The Kier molecular flexibility index (Phi) is 11.1. The molecule has 3 rings (SSSR count). The lowest BCUT2D eigenvalue weighted by molar-refractivity contribution is -0.139. The van der Waals surface area contributed by atoms with Crippen molar-refractivity contribution in [2.45, 2.75) is 38.3 Å². The molecule has 1 atom stereocenters. The quantitative estimate of drug-likeness (QED) is 0.252. The molecule has 7 nitrogen and oxygen atoms in total. The third-order valence-corrected chi connectivity index (χ3v) is 9.04. The van der Waals surface area contributed by atoms with Crippen LogP contribution in [0.25, 0.3) is 0 Å². The van der Waals surface area contributed by atoms with Gasteiger partial charge in [-0.25, -0.2) is 8.42 Å². The largest absolute Gasteiger partial charge is 0.354 e. The number of rotatable bonds is 11. The summed E-state index contributed by atoms with van der Waals surface area (Å²) >= 11 is 24.9. The molecule has 0 aliphatic carbocycles. The van der Waals surface area contributed by atoms with E-state index in [0.29, 0.717) is 17.1 Å². The molecule has 0 aromatic heterocycles. The molecule has 0 radical (unpaired) electrons. The van der Waals surface area contributed by atoms with E-state index >= 15 is 0 Å². The molecular weight excluding hydrogens is 616 g/mol. The van der Waals surface area contributed by atoms with E-state index in [9.17, 15) is 18.0 Å². The molecule has 0 fully saturated rings. The maximum absolute atomic E-state index is 13.9. The third-order valence-electron chi connectivity index (χ3n) is 5.98. The summed E-state index contributed by atoms with van der Waals surface area (Å²) in [6.07, 6.45) is 0. The maximum Gasteiger partial charge on any atom is 0.264 e. The van der Waals surface area contributed by atoms with Crippen molar-refractivity contribution in [2.24, 2.45) is 5.92 Å². The Hall–Kier alpha value is -2.49. The molecule has 2 amide bonds. The number of carbonyl (C=O) groups is 2. The SMILES string of the molecule is CC(C)CNC(=O)[C@H](C)N(Cc1ccc(Cl)c(Cl)c1)C(=O)CN(c1cc(Cl)ccc1Cl)S(=O)(=O)c1ccccc1. The number of nitrogens with zero attached hydrogens (tertiary/aromatic N) is 2. The van der Waals surface area contributed by atoms with Crippen molar-refractivity contribution in [3.8, 4) is 0 Å². The molecule has 0 spiro atoms. The Bertz CT molecular complexity index is 1470. The first-order valence-corrected chi connectivity index (χ1v) is 15.3. The lowest BCUT2D eigenvalue weighted by Crippen LogP contribution is -2.51. The molecule has 214 valence electrons. The van der Waals surface area contributed by atoms with E-state index in [2.05, 4.69) is 5.32 Å². The highest BCUT2D eigenvalue weighted by atomic mass is 35.5. The van der Waals surface area contributed by atoms with E-state index < -0.39 is 28.5 Å². The van der Waals surface area contributed by atoms with Crippen LogP contribution in [0.4, 0.5) is 5.69 Å². The molecule has 0 saturated heterocycles. The molecule has 1 N–H and O–H groups in total. The standard InChI is InChI=1S/C28H29Cl4N3O4S/c1-18(2)15-33-28(37)19(3)34(16-20-9-11-23(30)25(32)13-20)27(36)17-35(26-14-21(29)10-12-24(26)31)40(38,39)22-7-5-4-6-8-22/h4-14,18-19H,15-17H2,1-3H3,(H,33,37)/t19-/m0/s1. The van der Waals surface area contributed by atoms with Gasteiger partial charge in [-0.3, -0.25) is 13.9 Å². The van der Waals surface area contributed by atoms with Gasteiger partial charge in [-0.2, -0.15) is 0 Å². The van der Waals surface area contributed by atoms with Crippen LogP contribution in [-0.2, 0) is 26.2 Å². The van der Waals surface area contributed by atoms with Crippen LogP contribution in [0.2, 0.25) is 20.1 Å². The van der Waals surface area contributed by atoms with Crippen molar-refractivity contribution >= 4 is 73.9 Å². The van der Waals surface area contributed by atoms with E-state index in [1.165, 1.54) is 35.2 Å². The molecule has 0 bridgehead atoms. The molecule has 0 aliphatic heterocycles. The lowest BCUT2D eigenvalue weighted by Gasteiger charge is -2.32. The fraction of sp³-hybridized carbons (Fsp3) is 0.286. The molecule has 3 aromatic rings. The Labute approximate surface area is 255 Å². The van der Waals surface area contributed by atoms with Gasteiger partial charge < -0.3 is 10.2 Å². The molecule has 0 aliphatic rings. The van der Waals surface area contributed by atoms with Gasteiger partial charge in [-0.15, -0.1) is 0 Å². The highest BCUT2D eigenvalue weighted by Gasteiger charge is 2.33. The van der Waals surface area contributed by atoms with Crippen molar-refractivity contribution < 1.29 is 18.0 Å². The normalized spacial score (nSPS) is 12.2. The predicted molar refractivity (Wildman–Crippen MR) is 162 cm³/mol. The topological polar surface area (TPSA) is 86.8 Å². The van der Waals surface area contributed by atoms with E-state index in [4.69, 9.17) is 46.4 Å². The highest BCUT2D eigenvalue weighted by Crippen LogP contribution is 2.33. The van der Waals surface area contributed by atoms with Gasteiger partial charge in [0.15, 0.2) is 0 Å². The molecule has 0 saturated carbocycles. The Balaban J connectivity index is 2.06. The van der Waals surface area contributed by atoms with Gasteiger partial charge in [0, 0.05) is 18.1 Å². The number of hydrogen-bond acceptors (Lipinski definition) is 4. The number of halogens is 4. The fourth-order valence-electron chi connectivity index (χ4n) is 3.78. The average molecular weight is 645 g/mol. The third kappa shape index (κ3) is 8.04. The minimum absolute atomic E-state index is 0.0257. The van der Waals surface area contributed by atoms with E-state index in [-0.39, 0.29) is 44.0 Å². The van der Waals surface area contributed by atoms with Gasteiger partial charge in [0.05, 0.1) is 25.7 Å². The van der Waals surface area contributed by atoms with Crippen LogP contribution in [0.1, 0.15) is 26.3 Å². The minimum atomic E-state index is -4.27. The summed E-state index contributed by atoms with van der Waals surface area (Å²) in [5.41, 5.74) is 0.627. The molecule has 0 unspecified atom stereocenters. The zero-order chi connectivity index (χ0) is 29.6. The summed E-state index contributed by atoms with van der Waals surface area (Å²) in [5.74, 6) is -0.846.